The molecule has 9 rings (SSSR count). The minimum Gasteiger partial charge on any atom is -0.238 e. The summed E-state index contributed by atoms with van der Waals surface area (Å²) in [4.78, 5) is 13.9. The second kappa shape index (κ2) is 12.5. The smallest absolute Gasteiger partial charge is 0.187 e. The number of aromatic nitrogens is 2. The molecule has 8 aromatic rings. The van der Waals surface area contributed by atoms with Crippen LogP contribution < -0.4 is 0 Å². The molecule has 1 aromatic heterocycles. The van der Waals surface area contributed by atoms with E-state index < -0.39 is 5.41 Å². The van der Waals surface area contributed by atoms with Crippen molar-refractivity contribution >= 4 is 5.69 Å². The molecule has 0 spiro atoms. The highest BCUT2D eigenvalue weighted by atomic mass is 14.9. The van der Waals surface area contributed by atoms with Crippen molar-refractivity contribution in [1.29, 1.82) is 0 Å². The molecule has 3 nitrogen and oxygen atoms in total. The molecule has 0 fully saturated rings. The Morgan fingerprint density at radius 3 is 1.53 bits per heavy atom. The molecular weight excluding hydrogens is 619 g/mol. The number of rotatable bonds is 6. The highest BCUT2D eigenvalue weighted by molar-refractivity contribution is 5.96. The number of hydrogen-bond donors (Lipinski definition) is 0. The van der Waals surface area contributed by atoms with E-state index in [2.05, 4.69) is 150 Å². The van der Waals surface area contributed by atoms with E-state index in [1.807, 2.05) is 42.5 Å². The van der Waals surface area contributed by atoms with Crippen molar-refractivity contribution in [3.8, 4) is 56.2 Å². The standard InChI is InChI=1S/C48H31N3/c1-49-39-29-30-42-41(31-39)46-40(23-14-24-43(46)48(42,37-19-10-4-11-20-37)38-21-12-5-13-22-38)33-25-27-35(28-26-33)45-32-44(34-15-6-2-7-16-34)50-47(51-45)36-17-8-3-9-18-36/h2-32H. The van der Waals surface area contributed by atoms with E-state index in [9.17, 15) is 0 Å². The topological polar surface area (TPSA) is 30.1 Å². The second-order valence-electron chi connectivity index (χ2n) is 12.8. The van der Waals surface area contributed by atoms with Crippen LogP contribution >= 0.6 is 0 Å². The third-order valence-electron chi connectivity index (χ3n) is 10.0. The van der Waals surface area contributed by atoms with Crippen molar-refractivity contribution in [3.63, 3.8) is 0 Å². The monoisotopic (exact) mass is 649 g/mol. The van der Waals surface area contributed by atoms with Crippen molar-refractivity contribution in [2.45, 2.75) is 5.41 Å². The van der Waals surface area contributed by atoms with Crippen LogP contribution in [0.2, 0.25) is 0 Å². The summed E-state index contributed by atoms with van der Waals surface area (Å²) >= 11 is 0. The van der Waals surface area contributed by atoms with E-state index in [-0.39, 0.29) is 0 Å². The average molecular weight is 650 g/mol. The molecule has 0 unspecified atom stereocenters. The summed E-state index contributed by atoms with van der Waals surface area (Å²) in [6, 6.07) is 65.6. The number of fused-ring (bicyclic) bond motifs is 3. The zero-order valence-electron chi connectivity index (χ0n) is 27.7. The van der Waals surface area contributed by atoms with Crippen LogP contribution in [0.5, 0.6) is 0 Å². The Hall–Kier alpha value is -6.89. The van der Waals surface area contributed by atoms with Crippen molar-refractivity contribution in [1.82, 2.24) is 9.97 Å². The summed E-state index contributed by atoms with van der Waals surface area (Å²) in [5.74, 6) is 0.697. The molecule has 0 amide bonds. The number of nitrogens with zero attached hydrogens (tertiary/aromatic N) is 3. The summed E-state index contributed by atoms with van der Waals surface area (Å²) in [5.41, 5.74) is 14.2. The minimum absolute atomic E-state index is 0.535. The van der Waals surface area contributed by atoms with Crippen molar-refractivity contribution in [3.05, 3.63) is 222 Å². The van der Waals surface area contributed by atoms with Crippen LogP contribution in [-0.4, -0.2) is 9.97 Å². The maximum Gasteiger partial charge on any atom is 0.187 e. The van der Waals surface area contributed by atoms with Gasteiger partial charge in [-0.25, -0.2) is 14.8 Å². The van der Waals surface area contributed by atoms with E-state index in [1.54, 1.807) is 0 Å². The molecule has 7 aromatic carbocycles. The first kappa shape index (κ1) is 30.2. The SMILES string of the molecule is [C-]#[N+]c1ccc2c(c1)-c1c(-c3ccc(-c4cc(-c5ccccc5)nc(-c5ccccc5)n4)cc3)cccc1C2(c1ccccc1)c1ccccc1. The van der Waals surface area contributed by atoms with E-state index >= 15 is 0 Å². The van der Waals surface area contributed by atoms with Crippen LogP contribution in [0.1, 0.15) is 22.3 Å². The van der Waals surface area contributed by atoms with Gasteiger partial charge < -0.3 is 0 Å². The molecule has 3 heteroatoms. The second-order valence-corrected chi connectivity index (χ2v) is 12.8. The molecule has 0 saturated carbocycles. The fraction of sp³-hybridized carbons (Fsp3) is 0.0208. The lowest BCUT2D eigenvalue weighted by atomic mass is 9.67. The van der Waals surface area contributed by atoms with Crippen LogP contribution in [-0.2, 0) is 5.41 Å². The van der Waals surface area contributed by atoms with Gasteiger partial charge in [0.25, 0.3) is 0 Å². The molecule has 51 heavy (non-hydrogen) atoms. The lowest BCUT2D eigenvalue weighted by Gasteiger charge is -2.34. The lowest BCUT2D eigenvalue weighted by Crippen LogP contribution is -2.28. The summed E-state index contributed by atoms with van der Waals surface area (Å²) in [5, 5.41) is 0. The molecule has 1 aliphatic rings. The summed E-state index contributed by atoms with van der Waals surface area (Å²) < 4.78 is 0. The summed E-state index contributed by atoms with van der Waals surface area (Å²) in [7, 11) is 0. The Morgan fingerprint density at radius 2 is 0.941 bits per heavy atom. The Balaban J connectivity index is 1.22. The first-order valence-electron chi connectivity index (χ1n) is 17.1. The van der Waals surface area contributed by atoms with Gasteiger partial charge in [-0.3, -0.25) is 0 Å². The van der Waals surface area contributed by atoms with Crippen LogP contribution in [0.25, 0.3) is 61.0 Å². The predicted octanol–water partition coefficient (Wildman–Crippen LogP) is 12.1. The highest BCUT2D eigenvalue weighted by Crippen LogP contribution is 2.58. The van der Waals surface area contributed by atoms with Gasteiger partial charge in [-0.2, -0.15) is 0 Å². The van der Waals surface area contributed by atoms with Gasteiger partial charge in [0, 0.05) is 16.7 Å². The van der Waals surface area contributed by atoms with Gasteiger partial charge in [-0.1, -0.05) is 176 Å². The molecule has 0 saturated heterocycles. The zero-order chi connectivity index (χ0) is 34.2. The van der Waals surface area contributed by atoms with Gasteiger partial charge in [-0.05, 0) is 56.6 Å². The van der Waals surface area contributed by atoms with Gasteiger partial charge in [0.15, 0.2) is 11.5 Å². The zero-order valence-corrected chi connectivity index (χ0v) is 27.7. The molecule has 0 bridgehead atoms. The maximum atomic E-state index is 7.90. The van der Waals surface area contributed by atoms with Crippen molar-refractivity contribution in [2.24, 2.45) is 0 Å². The maximum absolute atomic E-state index is 7.90. The first-order valence-corrected chi connectivity index (χ1v) is 17.1. The minimum atomic E-state index is -0.535. The molecule has 1 aliphatic carbocycles. The van der Waals surface area contributed by atoms with Gasteiger partial charge in [0.05, 0.1) is 23.4 Å². The van der Waals surface area contributed by atoms with Crippen molar-refractivity contribution < 1.29 is 0 Å². The van der Waals surface area contributed by atoms with Gasteiger partial charge >= 0.3 is 0 Å². The predicted molar refractivity (Wildman–Crippen MR) is 207 cm³/mol. The average Bonchev–Trinajstić information content (AvgIpc) is 3.52. The fourth-order valence-electron chi connectivity index (χ4n) is 7.73. The Kier molecular flexibility index (Phi) is 7.42. The quantitative estimate of drug-likeness (QED) is 0.168. The van der Waals surface area contributed by atoms with E-state index in [1.165, 1.54) is 27.8 Å². The van der Waals surface area contributed by atoms with Crippen molar-refractivity contribution in [2.75, 3.05) is 0 Å². The van der Waals surface area contributed by atoms with Gasteiger partial charge in [-0.15, -0.1) is 0 Å². The van der Waals surface area contributed by atoms with E-state index in [0.29, 0.717) is 11.5 Å². The van der Waals surface area contributed by atoms with Gasteiger partial charge in [0.1, 0.15) is 0 Å². The highest BCUT2D eigenvalue weighted by Gasteiger charge is 2.46. The molecule has 0 atom stereocenters. The third-order valence-corrected chi connectivity index (χ3v) is 10.0. The molecule has 0 radical (unpaired) electrons. The van der Waals surface area contributed by atoms with Crippen LogP contribution in [0.15, 0.2) is 188 Å². The normalized spacial score (nSPS) is 12.5. The summed E-state index contributed by atoms with van der Waals surface area (Å²) in [6.45, 7) is 7.90. The van der Waals surface area contributed by atoms with E-state index in [4.69, 9.17) is 16.5 Å². The van der Waals surface area contributed by atoms with Crippen LogP contribution in [0, 0.1) is 6.57 Å². The summed E-state index contributed by atoms with van der Waals surface area (Å²) in [6.07, 6.45) is 0. The largest absolute Gasteiger partial charge is 0.238 e. The fourth-order valence-corrected chi connectivity index (χ4v) is 7.73. The van der Waals surface area contributed by atoms with Crippen LogP contribution in [0.3, 0.4) is 0 Å². The first-order chi connectivity index (χ1) is 25.2. The number of hydrogen-bond acceptors (Lipinski definition) is 2. The van der Waals surface area contributed by atoms with E-state index in [0.717, 1.165) is 44.8 Å². The van der Waals surface area contributed by atoms with Crippen LogP contribution in [0.4, 0.5) is 5.69 Å². The third kappa shape index (κ3) is 5.05. The molecule has 0 aliphatic heterocycles. The number of benzene rings is 7. The Morgan fingerprint density at radius 1 is 0.412 bits per heavy atom. The molecule has 0 N–H and O–H groups in total. The molecular formula is C48H31N3. The lowest BCUT2D eigenvalue weighted by molar-refractivity contribution is 0.769. The Labute approximate surface area is 298 Å². The van der Waals surface area contributed by atoms with Gasteiger partial charge in [0.2, 0.25) is 0 Å². The Bertz CT molecular complexity index is 2460. The molecule has 1 heterocycles. The molecule has 238 valence electrons.